The van der Waals surface area contributed by atoms with E-state index in [4.69, 9.17) is 11.6 Å². The molecule has 174 valence electrons. The molecule has 7 nitrogen and oxygen atoms in total. The molecule has 0 atom stereocenters. The predicted molar refractivity (Wildman–Crippen MR) is 123 cm³/mol. The molecule has 4 rings (SSSR count). The number of hydrogen-bond donors (Lipinski definition) is 1. The minimum atomic E-state index is -3.50. The van der Waals surface area contributed by atoms with Gasteiger partial charge in [0.1, 0.15) is 5.82 Å². The normalized spacial score (nSPS) is 15.6. The first-order valence-corrected chi connectivity index (χ1v) is 12.3. The molecular formula is C22H21ClF2N4O3S. The van der Waals surface area contributed by atoms with Crippen molar-refractivity contribution in [2.75, 3.05) is 29.6 Å². The molecule has 1 N–H and O–H groups in total. The fourth-order valence-electron chi connectivity index (χ4n) is 3.66. The third-order valence-corrected chi connectivity index (χ3v) is 6.66. The Balaban J connectivity index is 1.53. The molecule has 33 heavy (non-hydrogen) atoms. The van der Waals surface area contributed by atoms with Gasteiger partial charge in [-0.05, 0) is 43.3 Å². The number of carbonyl (C=O) groups is 1. The van der Waals surface area contributed by atoms with Gasteiger partial charge in [-0.3, -0.25) is 4.79 Å². The van der Waals surface area contributed by atoms with E-state index in [0.29, 0.717) is 17.1 Å². The van der Waals surface area contributed by atoms with Crippen LogP contribution < -0.4 is 10.2 Å². The topological polar surface area (TPSA) is 84.3 Å². The standard InChI is InChI=1S/C22H21ClF2N4O3S/c1-14-7-15(21(30)27-17-8-16(23)9-19(10-17)33(2,31)32)12-29(14)20-4-3-18(11-26-20)28-6-5-22(24,25)13-28/h3-4,7-12H,5-6,13H2,1-2H3,(H,27,30). The minimum absolute atomic E-state index is 0.000828. The average molecular weight is 495 g/mol. The van der Waals surface area contributed by atoms with Crippen LogP contribution in [-0.2, 0) is 9.84 Å². The second-order valence-corrected chi connectivity index (χ2v) is 10.5. The molecule has 0 bridgehead atoms. The van der Waals surface area contributed by atoms with Crippen molar-refractivity contribution in [1.82, 2.24) is 9.55 Å². The third kappa shape index (κ3) is 5.17. The molecule has 1 fully saturated rings. The summed E-state index contributed by atoms with van der Waals surface area (Å²) < 4.78 is 52.3. The number of aromatic nitrogens is 2. The van der Waals surface area contributed by atoms with E-state index < -0.39 is 21.7 Å². The Labute approximate surface area is 194 Å². The first-order chi connectivity index (χ1) is 15.4. The number of benzene rings is 1. The molecule has 1 saturated heterocycles. The van der Waals surface area contributed by atoms with Gasteiger partial charge in [0.25, 0.3) is 11.8 Å². The van der Waals surface area contributed by atoms with Crippen LogP contribution in [-0.4, -0.2) is 49.1 Å². The number of rotatable bonds is 5. The van der Waals surface area contributed by atoms with Crippen LogP contribution in [0.5, 0.6) is 0 Å². The number of alkyl halides is 2. The molecule has 1 aromatic carbocycles. The van der Waals surface area contributed by atoms with Crippen molar-refractivity contribution in [3.8, 4) is 5.82 Å². The van der Waals surface area contributed by atoms with Crippen LogP contribution in [0.2, 0.25) is 5.02 Å². The average Bonchev–Trinajstić information content (AvgIpc) is 3.29. The highest BCUT2D eigenvalue weighted by Crippen LogP contribution is 2.31. The van der Waals surface area contributed by atoms with Crippen molar-refractivity contribution in [3.05, 3.63) is 65.1 Å². The molecule has 0 spiro atoms. The van der Waals surface area contributed by atoms with Gasteiger partial charge in [-0.2, -0.15) is 0 Å². The zero-order valence-corrected chi connectivity index (χ0v) is 19.4. The number of nitrogens with zero attached hydrogens (tertiary/aromatic N) is 3. The SMILES string of the molecule is Cc1cc(C(=O)Nc2cc(Cl)cc(S(C)(=O)=O)c2)cn1-c1ccc(N2CCC(F)(F)C2)cn1. The van der Waals surface area contributed by atoms with Gasteiger partial charge in [0, 0.05) is 41.8 Å². The van der Waals surface area contributed by atoms with Crippen LogP contribution >= 0.6 is 11.6 Å². The molecule has 11 heteroatoms. The van der Waals surface area contributed by atoms with Crippen molar-refractivity contribution in [1.29, 1.82) is 0 Å². The molecule has 0 unspecified atom stereocenters. The highest BCUT2D eigenvalue weighted by Gasteiger charge is 2.38. The van der Waals surface area contributed by atoms with Crippen molar-refractivity contribution < 1.29 is 22.0 Å². The highest BCUT2D eigenvalue weighted by molar-refractivity contribution is 7.90. The monoisotopic (exact) mass is 494 g/mol. The van der Waals surface area contributed by atoms with E-state index in [-0.39, 0.29) is 35.1 Å². The maximum absolute atomic E-state index is 13.5. The molecule has 1 aliphatic heterocycles. The molecule has 3 aromatic rings. The van der Waals surface area contributed by atoms with Crippen LogP contribution in [0.3, 0.4) is 0 Å². The number of pyridine rings is 1. The Morgan fingerprint density at radius 2 is 1.97 bits per heavy atom. The second-order valence-electron chi connectivity index (χ2n) is 8.04. The molecular weight excluding hydrogens is 474 g/mol. The Morgan fingerprint density at radius 1 is 1.21 bits per heavy atom. The van der Waals surface area contributed by atoms with Gasteiger partial charge in [0.05, 0.1) is 28.9 Å². The van der Waals surface area contributed by atoms with E-state index in [2.05, 4.69) is 10.3 Å². The Kier molecular flexibility index (Phi) is 5.92. The van der Waals surface area contributed by atoms with Crippen molar-refractivity contribution in [2.24, 2.45) is 0 Å². The summed E-state index contributed by atoms with van der Waals surface area (Å²) in [5.41, 5.74) is 1.93. The highest BCUT2D eigenvalue weighted by atomic mass is 35.5. The van der Waals surface area contributed by atoms with E-state index in [0.717, 1.165) is 11.9 Å². The number of nitrogens with one attached hydrogen (secondary N) is 1. The summed E-state index contributed by atoms with van der Waals surface area (Å²) in [7, 11) is -3.50. The van der Waals surface area contributed by atoms with Gasteiger partial charge in [0.2, 0.25) is 0 Å². The lowest BCUT2D eigenvalue weighted by Gasteiger charge is -2.18. The van der Waals surface area contributed by atoms with Crippen molar-refractivity contribution in [2.45, 2.75) is 24.2 Å². The quantitative estimate of drug-likeness (QED) is 0.570. The maximum atomic E-state index is 13.5. The molecule has 1 aliphatic rings. The summed E-state index contributed by atoms with van der Waals surface area (Å²) in [5, 5.41) is 2.84. The number of hydrogen-bond acceptors (Lipinski definition) is 5. The minimum Gasteiger partial charge on any atom is -0.364 e. The van der Waals surface area contributed by atoms with E-state index in [1.165, 1.54) is 24.4 Å². The van der Waals surface area contributed by atoms with Gasteiger partial charge in [-0.15, -0.1) is 0 Å². The number of amides is 1. The van der Waals surface area contributed by atoms with E-state index in [9.17, 15) is 22.0 Å². The summed E-state index contributed by atoms with van der Waals surface area (Å²) in [4.78, 5) is 18.7. The van der Waals surface area contributed by atoms with Gasteiger partial charge in [0.15, 0.2) is 9.84 Å². The predicted octanol–water partition coefficient (Wildman–Crippen LogP) is 4.34. The lowest BCUT2D eigenvalue weighted by molar-refractivity contribution is 0.0257. The Bertz CT molecular complexity index is 1320. The molecule has 0 aliphatic carbocycles. The molecule has 0 radical (unpaired) electrons. The van der Waals surface area contributed by atoms with E-state index >= 15 is 0 Å². The maximum Gasteiger partial charge on any atom is 0.266 e. The number of sulfone groups is 1. The first kappa shape index (κ1) is 23.2. The van der Waals surface area contributed by atoms with Crippen molar-refractivity contribution in [3.63, 3.8) is 0 Å². The van der Waals surface area contributed by atoms with Gasteiger partial charge < -0.3 is 14.8 Å². The second kappa shape index (κ2) is 8.42. The van der Waals surface area contributed by atoms with Crippen LogP contribution in [0, 0.1) is 6.92 Å². The fraction of sp³-hybridized carbons (Fsp3) is 0.273. The van der Waals surface area contributed by atoms with Crippen LogP contribution in [0.1, 0.15) is 22.5 Å². The number of anilines is 2. The number of carbonyl (C=O) groups excluding carboxylic acids is 1. The molecule has 3 heterocycles. The lowest BCUT2D eigenvalue weighted by Crippen LogP contribution is -2.24. The summed E-state index contributed by atoms with van der Waals surface area (Å²) in [6.45, 7) is 1.74. The van der Waals surface area contributed by atoms with Crippen LogP contribution in [0.25, 0.3) is 5.82 Å². The van der Waals surface area contributed by atoms with E-state index in [1.807, 2.05) is 0 Å². The van der Waals surface area contributed by atoms with Gasteiger partial charge in [-0.25, -0.2) is 22.2 Å². The summed E-state index contributed by atoms with van der Waals surface area (Å²) in [5.74, 6) is -2.61. The van der Waals surface area contributed by atoms with Crippen LogP contribution in [0.4, 0.5) is 20.2 Å². The third-order valence-electron chi connectivity index (χ3n) is 5.35. The summed E-state index contributed by atoms with van der Waals surface area (Å²) in [6.07, 6.45) is 4.01. The molecule has 1 amide bonds. The van der Waals surface area contributed by atoms with Crippen LogP contribution in [0.15, 0.2) is 53.7 Å². The summed E-state index contributed by atoms with van der Waals surface area (Å²) >= 11 is 6.00. The fourth-order valence-corrected chi connectivity index (χ4v) is 4.64. The largest absolute Gasteiger partial charge is 0.364 e. The Morgan fingerprint density at radius 3 is 2.58 bits per heavy atom. The first-order valence-electron chi connectivity index (χ1n) is 10.0. The lowest BCUT2D eigenvalue weighted by atomic mass is 10.2. The Hall–Kier alpha value is -2.98. The summed E-state index contributed by atoms with van der Waals surface area (Å²) in [6, 6.07) is 9.20. The molecule has 2 aromatic heterocycles. The number of aryl methyl sites for hydroxylation is 1. The molecule has 0 saturated carbocycles. The number of halogens is 3. The zero-order chi connectivity index (χ0) is 24.0. The van der Waals surface area contributed by atoms with Crippen molar-refractivity contribution >= 4 is 38.7 Å². The zero-order valence-electron chi connectivity index (χ0n) is 17.8. The van der Waals surface area contributed by atoms with Gasteiger partial charge in [-0.1, -0.05) is 11.6 Å². The van der Waals surface area contributed by atoms with Gasteiger partial charge >= 0.3 is 0 Å². The van der Waals surface area contributed by atoms with E-state index in [1.54, 1.807) is 40.8 Å². The smallest absolute Gasteiger partial charge is 0.266 e.